The molecular weight excluding hydrogens is 360 g/mol. The Morgan fingerprint density at radius 3 is 2.36 bits per heavy atom. The van der Waals surface area contributed by atoms with Crippen LogP contribution in [0.1, 0.15) is 5.56 Å². The van der Waals surface area contributed by atoms with Gasteiger partial charge in [0, 0.05) is 49.7 Å². The van der Waals surface area contributed by atoms with Gasteiger partial charge in [0.25, 0.3) is 0 Å². The van der Waals surface area contributed by atoms with E-state index in [2.05, 4.69) is 10.3 Å². The van der Waals surface area contributed by atoms with Gasteiger partial charge in [-0.3, -0.25) is 4.79 Å². The van der Waals surface area contributed by atoms with E-state index in [1.165, 1.54) is 0 Å². The summed E-state index contributed by atoms with van der Waals surface area (Å²) >= 11 is 0. The fourth-order valence-electron chi connectivity index (χ4n) is 3.73. The molecule has 2 aliphatic rings. The largest absolute Gasteiger partial charge is 0.378 e. The van der Waals surface area contributed by atoms with E-state index in [0.29, 0.717) is 59.0 Å². The average molecular weight is 386 g/mol. The monoisotopic (exact) mass is 386 g/mol. The van der Waals surface area contributed by atoms with Gasteiger partial charge in [-0.1, -0.05) is 18.2 Å². The summed E-state index contributed by atoms with van der Waals surface area (Å²) in [7, 11) is 0. The lowest BCUT2D eigenvalue weighted by Crippen LogP contribution is -2.56. The standard InChI is InChI=1S/C20H26N4O4/c25-19(23-5-9-27-10-6-23)18(22-20(26)24-7-11-28-12-8-24)13-15-14-21-17-4-2-1-3-16(15)17/h1-4,14,18,21H,5-13H2,(H,22,26)/t18-/m1/s1. The lowest BCUT2D eigenvalue weighted by molar-refractivity contribution is -0.137. The van der Waals surface area contributed by atoms with Gasteiger partial charge in [0.1, 0.15) is 6.04 Å². The number of H-pyrrole nitrogens is 1. The van der Waals surface area contributed by atoms with E-state index >= 15 is 0 Å². The number of amides is 3. The van der Waals surface area contributed by atoms with Crippen molar-refractivity contribution in [3.8, 4) is 0 Å². The number of morpholine rings is 2. The number of fused-ring (bicyclic) bond motifs is 1. The van der Waals surface area contributed by atoms with Crippen LogP contribution < -0.4 is 5.32 Å². The Kier molecular flexibility index (Phi) is 5.78. The molecule has 2 N–H and O–H groups in total. The number of nitrogens with one attached hydrogen (secondary N) is 2. The van der Waals surface area contributed by atoms with Crippen molar-refractivity contribution in [1.29, 1.82) is 0 Å². The van der Waals surface area contributed by atoms with E-state index in [0.717, 1.165) is 16.5 Å². The molecule has 1 aromatic heterocycles. The van der Waals surface area contributed by atoms with Crippen LogP contribution in [0.15, 0.2) is 30.5 Å². The third kappa shape index (κ3) is 4.13. The van der Waals surface area contributed by atoms with Crippen molar-refractivity contribution in [2.24, 2.45) is 0 Å². The number of para-hydroxylation sites is 1. The summed E-state index contributed by atoms with van der Waals surface area (Å²) in [5.41, 5.74) is 2.04. The van der Waals surface area contributed by atoms with Gasteiger partial charge >= 0.3 is 6.03 Å². The molecule has 3 amide bonds. The Labute approximate surface area is 163 Å². The van der Waals surface area contributed by atoms with E-state index < -0.39 is 6.04 Å². The quantitative estimate of drug-likeness (QED) is 0.820. The number of hydrogen-bond donors (Lipinski definition) is 2. The van der Waals surface area contributed by atoms with Gasteiger partial charge < -0.3 is 29.6 Å². The number of carbonyl (C=O) groups is 2. The molecule has 0 bridgehead atoms. The predicted octanol–water partition coefficient (Wildman–Crippen LogP) is 0.980. The first-order chi connectivity index (χ1) is 13.7. The van der Waals surface area contributed by atoms with E-state index in [1.54, 1.807) is 9.80 Å². The fourth-order valence-corrected chi connectivity index (χ4v) is 3.73. The average Bonchev–Trinajstić information content (AvgIpc) is 3.17. The first-order valence-corrected chi connectivity index (χ1v) is 9.77. The Morgan fingerprint density at radius 1 is 1.00 bits per heavy atom. The lowest BCUT2D eigenvalue weighted by Gasteiger charge is -2.33. The Bertz CT molecular complexity index is 824. The second-order valence-corrected chi connectivity index (χ2v) is 7.10. The van der Waals surface area contributed by atoms with Crippen molar-refractivity contribution >= 4 is 22.8 Å². The van der Waals surface area contributed by atoms with Gasteiger partial charge in [0.05, 0.1) is 26.4 Å². The van der Waals surface area contributed by atoms with Crippen molar-refractivity contribution < 1.29 is 19.1 Å². The molecular formula is C20H26N4O4. The molecule has 0 saturated carbocycles. The van der Waals surface area contributed by atoms with Crippen LogP contribution in [-0.2, 0) is 20.7 Å². The van der Waals surface area contributed by atoms with Gasteiger partial charge in [-0.2, -0.15) is 0 Å². The summed E-state index contributed by atoms with van der Waals surface area (Å²) in [6, 6.07) is 7.15. The Balaban J connectivity index is 1.53. The molecule has 0 aliphatic carbocycles. The number of ether oxygens (including phenoxy) is 2. The van der Waals surface area contributed by atoms with Crippen LogP contribution in [0.5, 0.6) is 0 Å². The van der Waals surface area contributed by atoms with Crippen LogP contribution in [0.25, 0.3) is 10.9 Å². The van der Waals surface area contributed by atoms with Crippen molar-refractivity contribution in [2.45, 2.75) is 12.5 Å². The van der Waals surface area contributed by atoms with Crippen LogP contribution in [0, 0.1) is 0 Å². The molecule has 1 atom stereocenters. The highest BCUT2D eigenvalue weighted by Gasteiger charge is 2.30. The topological polar surface area (TPSA) is 86.9 Å². The summed E-state index contributed by atoms with van der Waals surface area (Å²) < 4.78 is 10.7. The maximum Gasteiger partial charge on any atom is 0.318 e. The molecule has 2 aliphatic heterocycles. The van der Waals surface area contributed by atoms with E-state index in [1.807, 2.05) is 30.5 Å². The van der Waals surface area contributed by atoms with Crippen LogP contribution >= 0.6 is 0 Å². The summed E-state index contributed by atoms with van der Waals surface area (Å²) in [5.74, 6) is -0.0600. The van der Waals surface area contributed by atoms with Gasteiger partial charge in [0.2, 0.25) is 5.91 Å². The zero-order valence-electron chi connectivity index (χ0n) is 15.9. The zero-order valence-corrected chi connectivity index (χ0v) is 15.9. The normalized spacial score (nSPS) is 18.9. The van der Waals surface area contributed by atoms with Crippen molar-refractivity contribution in [1.82, 2.24) is 20.1 Å². The number of rotatable bonds is 4. The van der Waals surface area contributed by atoms with Crippen LogP contribution in [0.3, 0.4) is 0 Å². The molecule has 28 heavy (non-hydrogen) atoms. The van der Waals surface area contributed by atoms with Gasteiger partial charge in [-0.25, -0.2) is 4.79 Å². The molecule has 3 heterocycles. The molecule has 2 aromatic rings. The van der Waals surface area contributed by atoms with Crippen molar-refractivity contribution in [3.05, 3.63) is 36.0 Å². The van der Waals surface area contributed by atoms with E-state index in [4.69, 9.17) is 9.47 Å². The number of urea groups is 1. The minimum atomic E-state index is -0.618. The molecule has 2 saturated heterocycles. The van der Waals surface area contributed by atoms with E-state index in [-0.39, 0.29) is 11.9 Å². The van der Waals surface area contributed by atoms with Gasteiger partial charge in [-0.15, -0.1) is 0 Å². The van der Waals surface area contributed by atoms with E-state index in [9.17, 15) is 9.59 Å². The number of benzene rings is 1. The minimum Gasteiger partial charge on any atom is -0.378 e. The molecule has 0 radical (unpaired) electrons. The number of aromatic amines is 1. The van der Waals surface area contributed by atoms with Gasteiger partial charge in [0.15, 0.2) is 0 Å². The molecule has 0 spiro atoms. The van der Waals surface area contributed by atoms with Crippen LogP contribution in [0.4, 0.5) is 4.79 Å². The fraction of sp³-hybridized carbons (Fsp3) is 0.500. The zero-order chi connectivity index (χ0) is 19.3. The minimum absolute atomic E-state index is 0.0600. The summed E-state index contributed by atoms with van der Waals surface area (Å²) in [4.78, 5) is 32.7. The van der Waals surface area contributed by atoms with Gasteiger partial charge in [-0.05, 0) is 11.6 Å². The first-order valence-electron chi connectivity index (χ1n) is 9.77. The number of hydrogen-bond acceptors (Lipinski definition) is 4. The second-order valence-electron chi connectivity index (χ2n) is 7.10. The summed E-state index contributed by atoms with van der Waals surface area (Å²) in [6.07, 6.45) is 2.36. The molecule has 150 valence electrons. The number of nitrogens with zero attached hydrogens (tertiary/aromatic N) is 2. The SMILES string of the molecule is O=C(N[C@H](Cc1c[nH]c2ccccc12)C(=O)N1CCOCC1)N1CCOCC1. The maximum absolute atomic E-state index is 13.2. The highest BCUT2D eigenvalue weighted by atomic mass is 16.5. The molecule has 2 fully saturated rings. The first kappa shape index (κ1) is 18.8. The molecule has 1 aromatic carbocycles. The molecule has 8 nitrogen and oxygen atoms in total. The lowest BCUT2D eigenvalue weighted by atomic mass is 10.0. The highest BCUT2D eigenvalue weighted by Crippen LogP contribution is 2.20. The third-order valence-electron chi connectivity index (χ3n) is 5.32. The van der Waals surface area contributed by atoms with Crippen molar-refractivity contribution in [2.75, 3.05) is 52.6 Å². The predicted molar refractivity (Wildman–Crippen MR) is 104 cm³/mol. The molecule has 0 unspecified atom stereocenters. The molecule has 8 heteroatoms. The Morgan fingerprint density at radius 2 is 1.64 bits per heavy atom. The summed E-state index contributed by atoms with van der Waals surface area (Å²) in [5, 5.41) is 4.04. The summed E-state index contributed by atoms with van der Waals surface area (Å²) in [6.45, 7) is 4.30. The van der Waals surface area contributed by atoms with Crippen molar-refractivity contribution in [3.63, 3.8) is 0 Å². The van der Waals surface area contributed by atoms with Crippen LogP contribution in [0.2, 0.25) is 0 Å². The molecule has 4 rings (SSSR count). The number of carbonyl (C=O) groups excluding carboxylic acids is 2. The van der Waals surface area contributed by atoms with Crippen LogP contribution in [-0.4, -0.2) is 85.4 Å². The Hall–Kier alpha value is -2.58. The third-order valence-corrected chi connectivity index (χ3v) is 5.32. The maximum atomic E-state index is 13.2. The number of aromatic nitrogens is 1. The highest BCUT2D eigenvalue weighted by molar-refractivity contribution is 5.89. The second kappa shape index (κ2) is 8.62. The smallest absolute Gasteiger partial charge is 0.318 e.